The van der Waals surface area contributed by atoms with Crippen LogP contribution in [0.4, 0.5) is 0 Å². The van der Waals surface area contributed by atoms with E-state index in [1.54, 1.807) is 19.1 Å². The summed E-state index contributed by atoms with van der Waals surface area (Å²) in [5.74, 6) is -0.801. The second-order valence-electron chi connectivity index (χ2n) is 7.19. The lowest BCUT2D eigenvalue weighted by Gasteiger charge is -2.09. The predicted octanol–water partition coefficient (Wildman–Crippen LogP) is 4.95. The van der Waals surface area contributed by atoms with Gasteiger partial charge in [-0.25, -0.2) is 9.59 Å². The number of rotatable bonds is 7. The highest BCUT2D eigenvalue weighted by atomic mass is 16.5. The molecule has 33 heavy (non-hydrogen) atoms. The van der Waals surface area contributed by atoms with Crippen LogP contribution < -0.4 is 14.2 Å². The van der Waals surface area contributed by atoms with E-state index in [9.17, 15) is 14.4 Å². The molecule has 0 saturated carbocycles. The molecular formula is C26H21NO6. The summed E-state index contributed by atoms with van der Waals surface area (Å²) in [7, 11) is 0. The van der Waals surface area contributed by atoms with E-state index in [4.69, 9.17) is 19.5 Å². The van der Waals surface area contributed by atoms with Gasteiger partial charge < -0.3 is 14.2 Å². The number of hydrogen-bond donors (Lipinski definition) is 0. The van der Waals surface area contributed by atoms with Gasteiger partial charge in [0.05, 0.1) is 28.7 Å². The van der Waals surface area contributed by atoms with Crippen LogP contribution in [0.2, 0.25) is 0 Å². The largest absolute Gasteiger partial charge is 0.426 e. The van der Waals surface area contributed by atoms with Crippen molar-refractivity contribution in [3.63, 3.8) is 0 Å². The Kier molecular flexibility index (Phi) is 7.55. The molecule has 3 aromatic carbocycles. The Morgan fingerprint density at radius 3 is 1.52 bits per heavy atom. The molecule has 7 heteroatoms. The highest BCUT2D eigenvalue weighted by Crippen LogP contribution is 2.19. The zero-order valence-corrected chi connectivity index (χ0v) is 18.1. The summed E-state index contributed by atoms with van der Waals surface area (Å²) < 4.78 is 15.8. The molecule has 0 aromatic heterocycles. The van der Waals surface area contributed by atoms with E-state index in [2.05, 4.69) is 0 Å². The van der Waals surface area contributed by atoms with Crippen LogP contribution in [0.25, 0.3) is 0 Å². The molecule has 0 bridgehead atoms. The number of esters is 3. The number of nitrogens with zero attached hydrogens (tertiary/aromatic N) is 1. The summed E-state index contributed by atoms with van der Waals surface area (Å²) in [6.07, 6.45) is 0.676. The van der Waals surface area contributed by atoms with Crippen molar-refractivity contribution in [3.05, 3.63) is 89.5 Å². The van der Waals surface area contributed by atoms with Gasteiger partial charge in [0.2, 0.25) is 0 Å². The van der Waals surface area contributed by atoms with Gasteiger partial charge in [-0.05, 0) is 79.2 Å². The van der Waals surface area contributed by atoms with Gasteiger partial charge in [0.25, 0.3) is 0 Å². The van der Waals surface area contributed by atoms with E-state index >= 15 is 0 Å². The van der Waals surface area contributed by atoms with Gasteiger partial charge in [0, 0.05) is 0 Å². The normalized spacial score (nSPS) is 11.1. The summed E-state index contributed by atoms with van der Waals surface area (Å²) >= 11 is 0. The Balaban J connectivity index is 1.57. The Bertz CT molecular complexity index is 1180. The van der Waals surface area contributed by atoms with Gasteiger partial charge in [0.1, 0.15) is 17.2 Å². The van der Waals surface area contributed by atoms with Crippen molar-refractivity contribution in [3.8, 4) is 23.3 Å². The summed E-state index contributed by atoms with van der Waals surface area (Å²) in [5, 5.41) is 8.81. The molecule has 1 atom stereocenters. The van der Waals surface area contributed by atoms with E-state index in [1.807, 2.05) is 13.0 Å². The molecule has 0 aliphatic rings. The van der Waals surface area contributed by atoms with Crippen molar-refractivity contribution in [2.45, 2.75) is 20.3 Å². The van der Waals surface area contributed by atoms with E-state index in [1.165, 1.54) is 60.7 Å². The number of carbonyl (C=O) groups is 3. The lowest BCUT2D eigenvalue weighted by Crippen LogP contribution is -2.17. The lowest BCUT2D eigenvalue weighted by atomic mass is 10.1. The van der Waals surface area contributed by atoms with Gasteiger partial charge in [-0.2, -0.15) is 5.26 Å². The molecule has 0 spiro atoms. The third-order valence-corrected chi connectivity index (χ3v) is 4.82. The maximum atomic E-state index is 12.4. The van der Waals surface area contributed by atoms with E-state index in [0.29, 0.717) is 23.5 Å². The summed E-state index contributed by atoms with van der Waals surface area (Å²) in [6, 6.07) is 20.1. The summed E-state index contributed by atoms with van der Waals surface area (Å²) in [5.41, 5.74) is 1.01. The molecule has 0 fully saturated rings. The van der Waals surface area contributed by atoms with Crippen LogP contribution in [0.15, 0.2) is 72.8 Å². The van der Waals surface area contributed by atoms with Gasteiger partial charge >= 0.3 is 17.9 Å². The van der Waals surface area contributed by atoms with Crippen LogP contribution in [0.1, 0.15) is 46.5 Å². The average Bonchev–Trinajstić information content (AvgIpc) is 2.84. The molecule has 0 aliphatic carbocycles. The van der Waals surface area contributed by atoms with Crippen LogP contribution in [0, 0.1) is 17.2 Å². The predicted molar refractivity (Wildman–Crippen MR) is 119 cm³/mol. The third-order valence-electron chi connectivity index (χ3n) is 4.82. The molecule has 0 aliphatic heterocycles. The molecule has 166 valence electrons. The van der Waals surface area contributed by atoms with Crippen LogP contribution in [0.3, 0.4) is 0 Å². The highest BCUT2D eigenvalue weighted by molar-refractivity contribution is 5.92. The van der Waals surface area contributed by atoms with Crippen molar-refractivity contribution in [1.82, 2.24) is 0 Å². The minimum Gasteiger partial charge on any atom is -0.426 e. The zero-order valence-electron chi connectivity index (χ0n) is 18.1. The highest BCUT2D eigenvalue weighted by Gasteiger charge is 2.15. The first kappa shape index (κ1) is 23.2. The first-order valence-corrected chi connectivity index (χ1v) is 10.3. The van der Waals surface area contributed by atoms with E-state index < -0.39 is 11.9 Å². The molecule has 3 aromatic rings. The van der Waals surface area contributed by atoms with Crippen LogP contribution in [0.5, 0.6) is 17.2 Å². The van der Waals surface area contributed by atoms with Crippen molar-refractivity contribution in [2.75, 3.05) is 0 Å². The number of nitriles is 1. The second kappa shape index (κ2) is 10.7. The second-order valence-corrected chi connectivity index (χ2v) is 7.19. The van der Waals surface area contributed by atoms with E-state index in [-0.39, 0.29) is 28.8 Å². The molecule has 7 nitrogen and oxygen atoms in total. The maximum Gasteiger partial charge on any atom is 0.343 e. The average molecular weight is 443 g/mol. The number of ether oxygens (including phenoxy) is 3. The minimum atomic E-state index is -0.595. The van der Waals surface area contributed by atoms with Crippen molar-refractivity contribution < 1.29 is 28.6 Å². The van der Waals surface area contributed by atoms with Gasteiger partial charge in [-0.3, -0.25) is 4.79 Å². The fraction of sp³-hybridized carbons (Fsp3) is 0.154. The van der Waals surface area contributed by atoms with Crippen LogP contribution in [-0.2, 0) is 4.79 Å². The molecule has 0 saturated heterocycles. The lowest BCUT2D eigenvalue weighted by molar-refractivity contribution is -0.138. The van der Waals surface area contributed by atoms with Crippen LogP contribution >= 0.6 is 0 Å². The third kappa shape index (κ3) is 6.28. The molecule has 1 unspecified atom stereocenters. The minimum absolute atomic E-state index is 0.209. The van der Waals surface area contributed by atoms with Gasteiger partial charge in [-0.1, -0.05) is 13.8 Å². The Hall–Kier alpha value is -4.44. The monoisotopic (exact) mass is 443 g/mol. The number of carbonyl (C=O) groups excluding carboxylic acids is 3. The smallest absolute Gasteiger partial charge is 0.343 e. The standard InChI is InChI=1S/C26H21NO6/c1-3-17(2)24(28)31-22-12-6-19(7-13-22)26(30)33-23-14-8-20(9-15-23)25(29)32-21-10-4-18(16-27)5-11-21/h4-15,17H,3H2,1-2H3. The van der Waals surface area contributed by atoms with Crippen molar-refractivity contribution >= 4 is 17.9 Å². The number of hydrogen-bond acceptors (Lipinski definition) is 7. The van der Waals surface area contributed by atoms with Crippen molar-refractivity contribution in [2.24, 2.45) is 5.92 Å². The molecule has 0 N–H and O–H groups in total. The maximum absolute atomic E-state index is 12.4. The number of benzene rings is 3. The Morgan fingerprint density at radius 2 is 1.12 bits per heavy atom. The molecule has 0 amide bonds. The molecular weight excluding hydrogens is 422 g/mol. The SMILES string of the molecule is CCC(C)C(=O)Oc1ccc(C(=O)Oc2ccc(C(=O)Oc3ccc(C#N)cc3)cc2)cc1. The fourth-order valence-corrected chi connectivity index (χ4v) is 2.63. The fourth-order valence-electron chi connectivity index (χ4n) is 2.63. The first-order valence-electron chi connectivity index (χ1n) is 10.3. The van der Waals surface area contributed by atoms with Crippen LogP contribution in [-0.4, -0.2) is 17.9 Å². The summed E-state index contributed by atoms with van der Waals surface area (Å²) in [6.45, 7) is 3.68. The Morgan fingerprint density at radius 1 is 0.727 bits per heavy atom. The van der Waals surface area contributed by atoms with Crippen molar-refractivity contribution in [1.29, 1.82) is 5.26 Å². The first-order chi connectivity index (χ1) is 15.9. The molecule has 0 heterocycles. The van der Waals surface area contributed by atoms with Gasteiger partial charge in [-0.15, -0.1) is 0 Å². The topological polar surface area (TPSA) is 103 Å². The Labute approximate surface area is 191 Å². The zero-order chi connectivity index (χ0) is 23.8. The van der Waals surface area contributed by atoms with E-state index in [0.717, 1.165) is 0 Å². The van der Waals surface area contributed by atoms with Gasteiger partial charge in [0.15, 0.2) is 0 Å². The molecule has 0 radical (unpaired) electrons. The quantitative estimate of drug-likeness (QED) is 0.376. The summed E-state index contributed by atoms with van der Waals surface area (Å²) in [4.78, 5) is 36.5. The molecule has 3 rings (SSSR count).